The van der Waals surface area contributed by atoms with Crippen LogP contribution in [0.25, 0.3) is 11.1 Å². The molecule has 2 aliphatic rings. The number of amides is 1. The van der Waals surface area contributed by atoms with E-state index in [1.807, 2.05) is 33.7 Å². The Balaban J connectivity index is 1.65. The number of carboxylic acids is 1. The predicted molar refractivity (Wildman–Crippen MR) is 113 cm³/mol. The van der Waals surface area contributed by atoms with Gasteiger partial charge in [-0.15, -0.1) is 11.8 Å². The number of carboxylic acid groups (broad SMARTS) is 1. The standard InChI is InChI=1S/C22H21N3O4S/c23-8-14-2-1-3-16(6-14)18-4-5-19(26)25-10-15-7-17(22(18)25)11-24(9-15)20(27)12-30-13-21(28)29/h1-6,15,17H,7,9-13H2,(H,28,29)/t15-,17+/m0/s1. The Morgan fingerprint density at radius 1 is 1.17 bits per heavy atom. The van der Waals surface area contributed by atoms with Crippen LogP contribution in [0.2, 0.25) is 0 Å². The molecule has 8 heteroatoms. The van der Waals surface area contributed by atoms with Gasteiger partial charge >= 0.3 is 5.97 Å². The van der Waals surface area contributed by atoms with E-state index in [0.29, 0.717) is 25.2 Å². The van der Waals surface area contributed by atoms with Gasteiger partial charge < -0.3 is 14.6 Å². The van der Waals surface area contributed by atoms with Crippen molar-refractivity contribution < 1.29 is 14.7 Å². The molecular weight excluding hydrogens is 402 g/mol. The minimum Gasteiger partial charge on any atom is -0.481 e. The molecule has 0 saturated carbocycles. The van der Waals surface area contributed by atoms with Gasteiger partial charge in [-0.2, -0.15) is 5.26 Å². The number of aliphatic carboxylic acids is 1. The quantitative estimate of drug-likeness (QED) is 0.790. The summed E-state index contributed by atoms with van der Waals surface area (Å²) in [6.07, 6.45) is 0.903. The summed E-state index contributed by atoms with van der Waals surface area (Å²) in [5.74, 6) is -0.714. The van der Waals surface area contributed by atoms with Gasteiger partial charge in [0.1, 0.15) is 0 Å². The van der Waals surface area contributed by atoms with E-state index >= 15 is 0 Å². The van der Waals surface area contributed by atoms with Crippen LogP contribution in [0.15, 0.2) is 41.2 Å². The number of thioether (sulfide) groups is 1. The maximum absolute atomic E-state index is 12.6. The highest BCUT2D eigenvalue weighted by molar-refractivity contribution is 8.00. The molecule has 2 atom stereocenters. The fourth-order valence-electron chi connectivity index (χ4n) is 4.54. The van der Waals surface area contributed by atoms with Crippen LogP contribution in [-0.2, 0) is 16.1 Å². The summed E-state index contributed by atoms with van der Waals surface area (Å²) < 4.78 is 1.83. The van der Waals surface area contributed by atoms with E-state index in [1.54, 1.807) is 12.1 Å². The summed E-state index contributed by atoms with van der Waals surface area (Å²) >= 11 is 1.11. The van der Waals surface area contributed by atoms with Gasteiger partial charge in [-0.25, -0.2) is 0 Å². The van der Waals surface area contributed by atoms with Crippen LogP contribution in [0.5, 0.6) is 0 Å². The second kappa shape index (κ2) is 8.36. The Morgan fingerprint density at radius 3 is 2.77 bits per heavy atom. The number of hydrogen-bond acceptors (Lipinski definition) is 5. The molecule has 1 saturated heterocycles. The van der Waals surface area contributed by atoms with Crippen LogP contribution in [0.1, 0.15) is 23.6 Å². The SMILES string of the molecule is N#Cc1cccc(-c2ccc(=O)n3c2[C@@H]2C[C@@H](CN(C(=O)CSCC(=O)O)C2)C3)c1. The van der Waals surface area contributed by atoms with Crippen molar-refractivity contribution in [1.82, 2.24) is 9.47 Å². The molecule has 154 valence electrons. The molecule has 1 aromatic carbocycles. The van der Waals surface area contributed by atoms with Gasteiger partial charge in [0.05, 0.1) is 23.1 Å². The molecular formula is C22H21N3O4S. The summed E-state index contributed by atoms with van der Waals surface area (Å²) in [6.45, 7) is 1.66. The summed E-state index contributed by atoms with van der Waals surface area (Å²) in [5.41, 5.74) is 3.24. The number of nitriles is 1. The van der Waals surface area contributed by atoms with E-state index in [2.05, 4.69) is 6.07 Å². The van der Waals surface area contributed by atoms with Gasteiger partial charge in [-0.05, 0) is 36.1 Å². The van der Waals surface area contributed by atoms with Crippen LogP contribution >= 0.6 is 11.8 Å². The van der Waals surface area contributed by atoms with Crippen molar-refractivity contribution in [3.8, 4) is 17.2 Å². The third kappa shape index (κ3) is 3.98. The van der Waals surface area contributed by atoms with Gasteiger partial charge in [0, 0.05) is 42.9 Å². The van der Waals surface area contributed by atoms with Crippen molar-refractivity contribution in [3.05, 3.63) is 58.0 Å². The van der Waals surface area contributed by atoms with Crippen LogP contribution in [0.4, 0.5) is 0 Å². The Kier molecular flexibility index (Phi) is 5.64. The minimum absolute atomic E-state index is 0.0283. The van der Waals surface area contributed by atoms with Crippen molar-refractivity contribution in [2.75, 3.05) is 24.6 Å². The Bertz CT molecular complexity index is 1100. The van der Waals surface area contributed by atoms with Crippen molar-refractivity contribution >= 4 is 23.6 Å². The van der Waals surface area contributed by atoms with Gasteiger partial charge in [0.25, 0.3) is 5.56 Å². The number of piperidine rings is 1. The second-order valence-electron chi connectivity index (χ2n) is 7.76. The monoisotopic (exact) mass is 423 g/mol. The highest BCUT2D eigenvalue weighted by atomic mass is 32.2. The van der Waals surface area contributed by atoms with Crippen molar-refractivity contribution in [1.29, 1.82) is 5.26 Å². The first-order chi connectivity index (χ1) is 14.5. The van der Waals surface area contributed by atoms with Crippen LogP contribution in [0.3, 0.4) is 0 Å². The number of hydrogen-bond donors (Lipinski definition) is 1. The average molecular weight is 423 g/mol. The highest BCUT2D eigenvalue weighted by Crippen LogP contribution is 2.40. The number of likely N-dealkylation sites (tertiary alicyclic amines) is 1. The van der Waals surface area contributed by atoms with E-state index < -0.39 is 5.97 Å². The molecule has 1 fully saturated rings. The second-order valence-corrected chi connectivity index (χ2v) is 8.74. The van der Waals surface area contributed by atoms with Crippen LogP contribution in [-0.4, -0.2) is 51.0 Å². The minimum atomic E-state index is -0.930. The largest absolute Gasteiger partial charge is 0.481 e. The first kappa shape index (κ1) is 20.2. The zero-order chi connectivity index (χ0) is 21.3. The lowest BCUT2D eigenvalue weighted by Crippen LogP contribution is -2.49. The first-order valence-electron chi connectivity index (χ1n) is 9.78. The van der Waals surface area contributed by atoms with E-state index in [1.165, 1.54) is 0 Å². The zero-order valence-corrected chi connectivity index (χ0v) is 17.1. The van der Waals surface area contributed by atoms with Gasteiger partial charge in [-0.3, -0.25) is 14.4 Å². The fraction of sp³-hybridized carbons (Fsp3) is 0.364. The Hall–Kier alpha value is -3.05. The number of fused-ring (bicyclic) bond motifs is 4. The third-order valence-corrected chi connectivity index (χ3v) is 6.60. The summed E-state index contributed by atoms with van der Waals surface area (Å²) in [6, 6.07) is 12.9. The molecule has 4 rings (SSSR count). The lowest BCUT2D eigenvalue weighted by atomic mass is 9.80. The van der Waals surface area contributed by atoms with Gasteiger partial charge in [-0.1, -0.05) is 12.1 Å². The zero-order valence-electron chi connectivity index (χ0n) is 16.3. The number of rotatable bonds is 5. The molecule has 2 aliphatic heterocycles. The van der Waals surface area contributed by atoms with Crippen molar-refractivity contribution in [2.45, 2.75) is 18.9 Å². The molecule has 30 heavy (non-hydrogen) atoms. The molecule has 0 unspecified atom stereocenters. The summed E-state index contributed by atoms with van der Waals surface area (Å²) in [5, 5.41) is 18.0. The molecule has 2 bridgehead atoms. The van der Waals surface area contributed by atoms with Gasteiger partial charge in [0.2, 0.25) is 5.91 Å². The number of carbonyl (C=O) groups is 2. The maximum atomic E-state index is 12.6. The molecule has 2 aromatic rings. The molecule has 7 nitrogen and oxygen atoms in total. The van der Waals surface area contributed by atoms with Crippen molar-refractivity contribution in [2.24, 2.45) is 5.92 Å². The topological polar surface area (TPSA) is 103 Å². The van der Waals surface area contributed by atoms with E-state index in [-0.39, 0.29) is 34.8 Å². The van der Waals surface area contributed by atoms with Crippen LogP contribution < -0.4 is 5.56 Å². The molecule has 0 aliphatic carbocycles. The maximum Gasteiger partial charge on any atom is 0.313 e. The molecule has 3 heterocycles. The van der Waals surface area contributed by atoms with Crippen molar-refractivity contribution in [3.63, 3.8) is 0 Å². The smallest absolute Gasteiger partial charge is 0.313 e. The lowest BCUT2D eigenvalue weighted by Gasteiger charge is -2.43. The van der Waals surface area contributed by atoms with Crippen LogP contribution in [0, 0.1) is 17.2 Å². The molecule has 1 N–H and O–H groups in total. The highest BCUT2D eigenvalue weighted by Gasteiger charge is 2.37. The molecule has 0 radical (unpaired) electrons. The average Bonchev–Trinajstić information content (AvgIpc) is 2.74. The molecule has 0 spiro atoms. The van der Waals surface area contributed by atoms with E-state index in [9.17, 15) is 19.6 Å². The number of nitrogens with zero attached hydrogens (tertiary/aromatic N) is 3. The molecule has 1 amide bonds. The normalized spacial score (nSPS) is 19.6. The number of aromatic nitrogens is 1. The third-order valence-electron chi connectivity index (χ3n) is 5.70. The summed E-state index contributed by atoms with van der Waals surface area (Å²) in [7, 11) is 0. The number of benzene rings is 1. The predicted octanol–water partition coefficient (Wildman–Crippen LogP) is 2.15. The Morgan fingerprint density at radius 2 is 2.00 bits per heavy atom. The van der Waals surface area contributed by atoms with Gasteiger partial charge in [0.15, 0.2) is 0 Å². The van der Waals surface area contributed by atoms with E-state index in [4.69, 9.17) is 5.11 Å². The molecule has 1 aromatic heterocycles. The fourth-order valence-corrected chi connectivity index (χ4v) is 5.17. The first-order valence-corrected chi connectivity index (χ1v) is 10.9. The summed E-state index contributed by atoms with van der Waals surface area (Å²) in [4.78, 5) is 37.7. The lowest BCUT2D eigenvalue weighted by molar-refractivity contribution is -0.133. The Labute approximate surface area is 177 Å². The number of carbonyl (C=O) groups excluding carboxylic acids is 1. The number of pyridine rings is 1. The van der Waals surface area contributed by atoms with E-state index in [0.717, 1.165) is 35.0 Å².